The molecule has 0 aliphatic rings. The van der Waals surface area contributed by atoms with E-state index in [0.29, 0.717) is 17.8 Å². The summed E-state index contributed by atoms with van der Waals surface area (Å²) < 4.78 is 0. The maximum absolute atomic E-state index is 13.2. The summed E-state index contributed by atoms with van der Waals surface area (Å²) >= 11 is 0. The minimum Gasteiger partial charge on any atom is -0.398 e. The smallest absolute Gasteiger partial charge is 0.260 e. The Morgan fingerprint density at radius 1 is 0.875 bits per heavy atom. The maximum Gasteiger partial charge on any atom is 0.260 e. The minimum absolute atomic E-state index is 0.0827. The molecule has 0 unspecified atom stereocenters. The molecule has 0 radical (unpaired) electrons. The van der Waals surface area contributed by atoms with Gasteiger partial charge in [-0.25, -0.2) is 0 Å². The maximum atomic E-state index is 13.2. The molecule has 0 heterocycles. The van der Waals surface area contributed by atoms with Crippen molar-refractivity contribution < 1.29 is 4.79 Å². The molecule has 0 atom stereocenters. The number of para-hydroxylation sites is 1. The minimum atomic E-state index is -0.0827. The zero-order valence-corrected chi connectivity index (χ0v) is 13.6. The molecular weight excluding hydrogens is 296 g/mol. The van der Waals surface area contributed by atoms with Crippen LogP contribution in [0.5, 0.6) is 0 Å². The van der Waals surface area contributed by atoms with Crippen LogP contribution in [0.1, 0.15) is 21.5 Å². The molecule has 120 valence electrons. The number of hydrogen-bond donors (Lipinski definition) is 1. The van der Waals surface area contributed by atoms with Crippen molar-refractivity contribution in [3.63, 3.8) is 0 Å². The molecule has 0 fully saturated rings. The first-order valence-corrected chi connectivity index (χ1v) is 7.93. The van der Waals surface area contributed by atoms with Gasteiger partial charge in [0, 0.05) is 11.4 Å². The second-order valence-electron chi connectivity index (χ2n) is 5.75. The van der Waals surface area contributed by atoms with E-state index < -0.39 is 0 Å². The Morgan fingerprint density at radius 3 is 2.12 bits per heavy atom. The monoisotopic (exact) mass is 316 g/mol. The van der Waals surface area contributed by atoms with Gasteiger partial charge in [0.25, 0.3) is 5.91 Å². The van der Waals surface area contributed by atoms with Crippen LogP contribution in [0, 0.1) is 6.92 Å². The molecule has 1 amide bonds. The number of nitrogens with zero attached hydrogens (tertiary/aromatic N) is 1. The van der Waals surface area contributed by atoms with Crippen LogP contribution in [-0.2, 0) is 6.54 Å². The van der Waals surface area contributed by atoms with Crippen LogP contribution in [0.4, 0.5) is 11.4 Å². The highest BCUT2D eigenvalue weighted by Gasteiger charge is 2.21. The van der Waals surface area contributed by atoms with Crippen molar-refractivity contribution in [2.24, 2.45) is 0 Å². The van der Waals surface area contributed by atoms with Crippen molar-refractivity contribution in [3.8, 4) is 0 Å². The summed E-state index contributed by atoms with van der Waals surface area (Å²) in [5.74, 6) is -0.0827. The summed E-state index contributed by atoms with van der Waals surface area (Å²) in [4.78, 5) is 15.0. The fourth-order valence-electron chi connectivity index (χ4n) is 2.77. The highest BCUT2D eigenvalue weighted by atomic mass is 16.2. The molecule has 0 bridgehead atoms. The first-order chi connectivity index (χ1) is 11.7. The van der Waals surface area contributed by atoms with E-state index in [1.54, 1.807) is 11.0 Å². The Morgan fingerprint density at radius 2 is 1.50 bits per heavy atom. The van der Waals surface area contributed by atoms with Crippen molar-refractivity contribution in [3.05, 3.63) is 95.6 Å². The number of aryl methyl sites for hydroxylation is 1. The van der Waals surface area contributed by atoms with Gasteiger partial charge in [-0.15, -0.1) is 0 Å². The van der Waals surface area contributed by atoms with E-state index in [-0.39, 0.29) is 5.91 Å². The topological polar surface area (TPSA) is 46.3 Å². The first-order valence-electron chi connectivity index (χ1n) is 7.93. The van der Waals surface area contributed by atoms with Crippen molar-refractivity contribution in [2.75, 3.05) is 10.6 Å². The van der Waals surface area contributed by atoms with Gasteiger partial charge in [0.1, 0.15) is 0 Å². The molecule has 0 saturated carbocycles. The van der Waals surface area contributed by atoms with Crippen LogP contribution in [0.15, 0.2) is 78.9 Å². The number of nitrogens with two attached hydrogens (primary N) is 1. The zero-order chi connectivity index (χ0) is 16.9. The van der Waals surface area contributed by atoms with E-state index in [1.165, 1.54) is 0 Å². The molecule has 0 spiro atoms. The number of hydrogen-bond acceptors (Lipinski definition) is 2. The fourth-order valence-corrected chi connectivity index (χ4v) is 2.77. The second-order valence-corrected chi connectivity index (χ2v) is 5.75. The Hall–Kier alpha value is -3.07. The predicted molar refractivity (Wildman–Crippen MR) is 99.0 cm³/mol. The normalized spacial score (nSPS) is 10.4. The number of carbonyl (C=O) groups is 1. The number of rotatable bonds is 4. The zero-order valence-electron chi connectivity index (χ0n) is 13.6. The van der Waals surface area contributed by atoms with Crippen LogP contribution in [0.2, 0.25) is 0 Å². The summed E-state index contributed by atoms with van der Waals surface area (Å²) in [6.45, 7) is 2.41. The van der Waals surface area contributed by atoms with Crippen LogP contribution in [0.25, 0.3) is 0 Å². The average molecular weight is 316 g/mol. The molecule has 3 aromatic rings. The molecule has 3 nitrogen and oxygen atoms in total. The van der Waals surface area contributed by atoms with Gasteiger partial charge in [-0.3, -0.25) is 4.79 Å². The Kier molecular flexibility index (Phi) is 4.62. The molecule has 0 saturated heterocycles. The average Bonchev–Trinajstić information content (AvgIpc) is 2.61. The van der Waals surface area contributed by atoms with Gasteiger partial charge in [-0.2, -0.15) is 0 Å². The van der Waals surface area contributed by atoms with Gasteiger partial charge in [-0.05, 0) is 36.2 Å². The van der Waals surface area contributed by atoms with E-state index in [0.717, 1.165) is 16.8 Å². The Labute approximate surface area is 142 Å². The largest absolute Gasteiger partial charge is 0.398 e. The van der Waals surface area contributed by atoms with Gasteiger partial charge in [0.05, 0.1) is 12.1 Å². The summed E-state index contributed by atoms with van der Waals surface area (Å²) in [6.07, 6.45) is 0. The number of anilines is 2. The summed E-state index contributed by atoms with van der Waals surface area (Å²) in [6, 6.07) is 25.2. The lowest BCUT2D eigenvalue weighted by Crippen LogP contribution is -2.31. The third-order valence-corrected chi connectivity index (χ3v) is 4.02. The molecule has 2 N–H and O–H groups in total. The van der Waals surface area contributed by atoms with E-state index in [4.69, 9.17) is 5.73 Å². The highest BCUT2D eigenvalue weighted by Crippen LogP contribution is 2.24. The van der Waals surface area contributed by atoms with Crippen LogP contribution in [-0.4, -0.2) is 5.91 Å². The Balaban J connectivity index is 2.03. The highest BCUT2D eigenvalue weighted by molar-refractivity contribution is 6.10. The van der Waals surface area contributed by atoms with Gasteiger partial charge < -0.3 is 10.6 Å². The van der Waals surface area contributed by atoms with E-state index in [9.17, 15) is 4.79 Å². The van der Waals surface area contributed by atoms with Gasteiger partial charge in [0.2, 0.25) is 0 Å². The van der Waals surface area contributed by atoms with Crippen LogP contribution >= 0.6 is 0 Å². The number of nitrogen functional groups attached to an aromatic ring is 1. The quantitative estimate of drug-likeness (QED) is 0.724. The van der Waals surface area contributed by atoms with Gasteiger partial charge in [0.15, 0.2) is 0 Å². The number of benzene rings is 3. The van der Waals surface area contributed by atoms with Crippen molar-refractivity contribution >= 4 is 17.3 Å². The lowest BCUT2D eigenvalue weighted by molar-refractivity contribution is 0.0985. The third kappa shape index (κ3) is 3.30. The van der Waals surface area contributed by atoms with E-state index in [1.807, 2.05) is 79.7 Å². The predicted octanol–water partition coefficient (Wildman–Crippen LogP) is 4.42. The van der Waals surface area contributed by atoms with E-state index >= 15 is 0 Å². The Bertz CT molecular complexity index is 809. The number of carbonyl (C=O) groups excluding carboxylic acids is 1. The third-order valence-electron chi connectivity index (χ3n) is 4.02. The summed E-state index contributed by atoms with van der Waals surface area (Å²) in [5, 5.41) is 0. The van der Waals surface area contributed by atoms with Crippen molar-refractivity contribution in [2.45, 2.75) is 13.5 Å². The molecule has 0 aromatic heterocycles. The molecule has 24 heavy (non-hydrogen) atoms. The number of amides is 1. The molecular formula is C21H20N2O. The van der Waals surface area contributed by atoms with Gasteiger partial charge >= 0.3 is 0 Å². The molecule has 3 aromatic carbocycles. The van der Waals surface area contributed by atoms with Gasteiger partial charge in [-0.1, -0.05) is 60.7 Å². The molecule has 0 aliphatic heterocycles. The lowest BCUT2D eigenvalue weighted by atomic mass is 10.0. The van der Waals surface area contributed by atoms with Crippen LogP contribution < -0.4 is 10.6 Å². The second kappa shape index (κ2) is 7.01. The van der Waals surface area contributed by atoms with E-state index in [2.05, 4.69) is 0 Å². The lowest BCUT2D eigenvalue weighted by Gasteiger charge is -2.24. The standard InChI is InChI=1S/C21H20N2O/c1-16-9-8-14-19(22)20(16)21(24)23(18-12-6-3-7-13-18)15-17-10-4-2-5-11-17/h2-14H,15,22H2,1H3. The molecule has 3 rings (SSSR count). The first kappa shape index (κ1) is 15.8. The summed E-state index contributed by atoms with van der Waals surface area (Å²) in [7, 11) is 0. The summed E-state index contributed by atoms with van der Waals surface area (Å²) in [5.41, 5.74) is 9.97. The van der Waals surface area contributed by atoms with Crippen molar-refractivity contribution in [1.82, 2.24) is 0 Å². The SMILES string of the molecule is Cc1cccc(N)c1C(=O)N(Cc1ccccc1)c1ccccc1. The fraction of sp³-hybridized carbons (Fsp3) is 0.0952. The molecule has 3 heteroatoms. The van der Waals surface area contributed by atoms with Crippen molar-refractivity contribution in [1.29, 1.82) is 0 Å². The van der Waals surface area contributed by atoms with Crippen LogP contribution in [0.3, 0.4) is 0 Å². The molecule has 0 aliphatic carbocycles.